The molecule has 0 aromatic heterocycles. The van der Waals surface area contributed by atoms with E-state index in [0.717, 1.165) is 5.56 Å². The van der Waals surface area contributed by atoms with Crippen LogP contribution in [-0.2, 0) is 14.3 Å². The van der Waals surface area contributed by atoms with E-state index in [0.29, 0.717) is 17.2 Å². The van der Waals surface area contributed by atoms with E-state index in [9.17, 15) is 19.6 Å². The highest BCUT2D eigenvalue weighted by molar-refractivity contribution is 6.03. The highest BCUT2D eigenvalue weighted by Gasteiger charge is 2.15. The molecule has 7 heteroatoms. The SMILES string of the molecule is CC(C)c1ccc(/C=C(\C#N)C(=O)OCC(=O)NC(=O)Nc2ccccc2)cc1. The van der Waals surface area contributed by atoms with Crippen LogP contribution in [0.2, 0.25) is 0 Å². The summed E-state index contributed by atoms with van der Waals surface area (Å²) in [5.41, 5.74) is 2.06. The number of nitriles is 1. The van der Waals surface area contributed by atoms with E-state index in [4.69, 9.17) is 4.74 Å². The molecular formula is C22H21N3O4. The van der Waals surface area contributed by atoms with Gasteiger partial charge in [0.2, 0.25) is 0 Å². The molecule has 2 aromatic carbocycles. The van der Waals surface area contributed by atoms with Gasteiger partial charge in [0, 0.05) is 5.69 Å². The topological polar surface area (TPSA) is 108 Å². The van der Waals surface area contributed by atoms with Crippen LogP contribution in [0.3, 0.4) is 0 Å². The van der Waals surface area contributed by atoms with Crippen molar-refractivity contribution in [1.82, 2.24) is 5.32 Å². The number of hydrogen-bond acceptors (Lipinski definition) is 5. The molecule has 0 bridgehead atoms. The molecule has 0 aliphatic heterocycles. The van der Waals surface area contributed by atoms with Crippen molar-refractivity contribution in [3.05, 3.63) is 71.3 Å². The zero-order chi connectivity index (χ0) is 21.2. The molecule has 148 valence electrons. The maximum absolute atomic E-state index is 12.0. The van der Waals surface area contributed by atoms with E-state index >= 15 is 0 Å². The average Bonchev–Trinajstić information content (AvgIpc) is 2.71. The van der Waals surface area contributed by atoms with E-state index < -0.39 is 24.5 Å². The summed E-state index contributed by atoms with van der Waals surface area (Å²) in [5, 5.41) is 13.7. The number of urea groups is 1. The van der Waals surface area contributed by atoms with Crippen LogP contribution >= 0.6 is 0 Å². The van der Waals surface area contributed by atoms with Gasteiger partial charge in [0.25, 0.3) is 5.91 Å². The molecule has 0 atom stereocenters. The van der Waals surface area contributed by atoms with Crippen LogP contribution in [0.5, 0.6) is 0 Å². The number of benzene rings is 2. The number of carbonyl (C=O) groups excluding carboxylic acids is 3. The Hall–Kier alpha value is -3.92. The van der Waals surface area contributed by atoms with E-state index in [1.54, 1.807) is 48.5 Å². The fraction of sp³-hybridized carbons (Fsp3) is 0.182. The first-order chi connectivity index (χ1) is 13.9. The Morgan fingerprint density at radius 3 is 2.31 bits per heavy atom. The quantitative estimate of drug-likeness (QED) is 0.444. The highest BCUT2D eigenvalue weighted by atomic mass is 16.5. The molecule has 7 nitrogen and oxygen atoms in total. The largest absolute Gasteiger partial charge is 0.451 e. The zero-order valence-electron chi connectivity index (χ0n) is 16.1. The fourth-order valence-electron chi connectivity index (χ4n) is 2.34. The second kappa shape index (κ2) is 10.4. The minimum Gasteiger partial charge on any atom is -0.451 e. The number of para-hydroxylation sites is 1. The maximum Gasteiger partial charge on any atom is 0.349 e. The summed E-state index contributed by atoms with van der Waals surface area (Å²) in [4.78, 5) is 35.5. The molecule has 0 fully saturated rings. The summed E-state index contributed by atoms with van der Waals surface area (Å²) in [6.45, 7) is 3.44. The summed E-state index contributed by atoms with van der Waals surface area (Å²) >= 11 is 0. The summed E-state index contributed by atoms with van der Waals surface area (Å²) < 4.78 is 4.82. The molecule has 0 saturated carbocycles. The number of amides is 3. The molecule has 0 aliphatic rings. The Labute approximate surface area is 169 Å². The molecule has 0 heterocycles. The molecule has 2 aromatic rings. The standard InChI is InChI=1S/C22H21N3O4/c1-15(2)17-10-8-16(9-11-17)12-18(13-23)21(27)29-14-20(26)25-22(28)24-19-6-4-3-5-7-19/h3-12,15H,14H2,1-2H3,(H2,24,25,26,28)/b18-12+. The predicted octanol–water partition coefficient (Wildman–Crippen LogP) is 3.61. The van der Waals surface area contributed by atoms with Gasteiger partial charge < -0.3 is 10.1 Å². The predicted molar refractivity (Wildman–Crippen MR) is 109 cm³/mol. The third kappa shape index (κ3) is 6.96. The Kier molecular flexibility index (Phi) is 7.68. The second-order valence-corrected chi connectivity index (χ2v) is 6.44. The van der Waals surface area contributed by atoms with Crippen LogP contribution in [0.25, 0.3) is 6.08 Å². The molecule has 3 amide bonds. The number of anilines is 1. The van der Waals surface area contributed by atoms with Gasteiger partial charge in [-0.2, -0.15) is 5.26 Å². The molecule has 0 aliphatic carbocycles. The number of imide groups is 1. The van der Waals surface area contributed by atoms with Crippen molar-refractivity contribution in [1.29, 1.82) is 5.26 Å². The Bertz CT molecular complexity index is 942. The average molecular weight is 391 g/mol. The molecule has 29 heavy (non-hydrogen) atoms. The van der Waals surface area contributed by atoms with Crippen molar-refractivity contribution in [2.45, 2.75) is 19.8 Å². The van der Waals surface area contributed by atoms with Crippen molar-refractivity contribution < 1.29 is 19.1 Å². The third-order valence-corrected chi connectivity index (χ3v) is 3.87. The Morgan fingerprint density at radius 2 is 1.72 bits per heavy atom. The number of nitrogens with zero attached hydrogens (tertiary/aromatic N) is 1. The lowest BCUT2D eigenvalue weighted by atomic mass is 10.0. The fourth-order valence-corrected chi connectivity index (χ4v) is 2.34. The van der Waals surface area contributed by atoms with E-state index in [2.05, 4.69) is 19.2 Å². The molecule has 2 rings (SSSR count). The highest BCUT2D eigenvalue weighted by Crippen LogP contribution is 2.16. The van der Waals surface area contributed by atoms with Crippen LogP contribution in [-0.4, -0.2) is 24.5 Å². The molecule has 2 N–H and O–H groups in total. The van der Waals surface area contributed by atoms with E-state index in [1.807, 2.05) is 17.4 Å². The molecule has 0 saturated heterocycles. The molecule has 0 unspecified atom stereocenters. The zero-order valence-corrected chi connectivity index (χ0v) is 16.1. The van der Waals surface area contributed by atoms with Gasteiger partial charge in [0.05, 0.1) is 0 Å². The lowest BCUT2D eigenvalue weighted by molar-refractivity contribution is -0.144. The molecule has 0 spiro atoms. The summed E-state index contributed by atoms with van der Waals surface area (Å²) in [5.74, 6) is -1.39. The van der Waals surface area contributed by atoms with Crippen LogP contribution in [0.15, 0.2) is 60.2 Å². The first-order valence-corrected chi connectivity index (χ1v) is 8.94. The number of hydrogen-bond donors (Lipinski definition) is 2. The van der Waals surface area contributed by atoms with Crippen LogP contribution in [0, 0.1) is 11.3 Å². The number of ether oxygens (including phenoxy) is 1. The Morgan fingerprint density at radius 1 is 1.07 bits per heavy atom. The van der Waals surface area contributed by atoms with Gasteiger partial charge in [-0.05, 0) is 35.3 Å². The van der Waals surface area contributed by atoms with Crippen molar-refractivity contribution in [2.75, 3.05) is 11.9 Å². The van der Waals surface area contributed by atoms with Crippen molar-refractivity contribution in [3.8, 4) is 6.07 Å². The summed E-state index contributed by atoms with van der Waals surface area (Å²) in [7, 11) is 0. The number of carbonyl (C=O) groups is 3. The van der Waals surface area contributed by atoms with E-state index in [1.165, 1.54) is 6.08 Å². The van der Waals surface area contributed by atoms with Gasteiger partial charge >= 0.3 is 12.0 Å². The second-order valence-electron chi connectivity index (χ2n) is 6.44. The van der Waals surface area contributed by atoms with Crippen LogP contribution in [0.1, 0.15) is 30.9 Å². The number of nitrogens with one attached hydrogen (secondary N) is 2. The van der Waals surface area contributed by atoms with Gasteiger partial charge in [0.15, 0.2) is 6.61 Å². The Balaban J connectivity index is 1.88. The number of esters is 1. The normalized spacial score (nSPS) is 10.8. The minimum absolute atomic E-state index is 0.246. The van der Waals surface area contributed by atoms with Gasteiger partial charge in [0.1, 0.15) is 11.6 Å². The number of rotatable bonds is 6. The van der Waals surface area contributed by atoms with Crippen LogP contribution in [0.4, 0.5) is 10.5 Å². The van der Waals surface area contributed by atoms with Crippen molar-refractivity contribution >= 4 is 29.7 Å². The first-order valence-electron chi connectivity index (χ1n) is 8.94. The minimum atomic E-state index is -0.945. The third-order valence-electron chi connectivity index (χ3n) is 3.87. The lowest BCUT2D eigenvalue weighted by Crippen LogP contribution is -2.37. The van der Waals surface area contributed by atoms with Crippen LogP contribution < -0.4 is 10.6 Å². The van der Waals surface area contributed by atoms with Gasteiger partial charge in [-0.25, -0.2) is 9.59 Å². The maximum atomic E-state index is 12.0. The van der Waals surface area contributed by atoms with Gasteiger partial charge in [-0.1, -0.05) is 56.3 Å². The smallest absolute Gasteiger partial charge is 0.349 e. The first kappa shape index (κ1) is 21.4. The monoisotopic (exact) mass is 391 g/mol. The van der Waals surface area contributed by atoms with E-state index in [-0.39, 0.29) is 5.57 Å². The van der Waals surface area contributed by atoms with Gasteiger partial charge in [-0.15, -0.1) is 0 Å². The van der Waals surface area contributed by atoms with Gasteiger partial charge in [-0.3, -0.25) is 10.1 Å². The van der Waals surface area contributed by atoms with Crippen molar-refractivity contribution in [2.24, 2.45) is 0 Å². The van der Waals surface area contributed by atoms with Crippen molar-refractivity contribution in [3.63, 3.8) is 0 Å². The lowest BCUT2D eigenvalue weighted by Gasteiger charge is -2.07. The summed E-state index contributed by atoms with van der Waals surface area (Å²) in [6, 6.07) is 17.0. The summed E-state index contributed by atoms with van der Waals surface area (Å²) in [6.07, 6.45) is 1.38. The molecule has 0 radical (unpaired) electrons. The molecular weight excluding hydrogens is 370 g/mol.